The highest BCUT2D eigenvalue weighted by molar-refractivity contribution is 5.22. The number of aromatic nitrogens is 1. The summed E-state index contributed by atoms with van der Waals surface area (Å²) in [5.41, 5.74) is 8.70. The van der Waals surface area contributed by atoms with E-state index in [-0.39, 0.29) is 0 Å². The van der Waals surface area contributed by atoms with Crippen molar-refractivity contribution >= 4 is 0 Å². The van der Waals surface area contributed by atoms with Crippen LogP contribution in [0, 0.1) is 6.92 Å². The normalized spacial score (nSPS) is 27.6. The van der Waals surface area contributed by atoms with Crippen molar-refractivity contribution in [1.29, 1.82) is 0 Å². The number of hydrogen-bond acceptors (Lipinski definition) is 2. The van der Waals surface area contributed by atoms with Crippen LogP contribution in [0.3, 0.4) is 0 Å². The van der Waals surface area contributed by atoms with Crippen LogP contribution in [0.4, 0.5) is 0 Å². The van der Waals surface area contributed by atoms with E-state index in [1.807, 2.05) is 12.4 Å². The van der Waals surface area contributed by atoms with Crippen molar-refractivity contribution in [3.8, 4) is 0 Å². The van der Waals surface area contributed by atoms with Gasteiger partial charge in [0, 0.05) is 24.4 Å². The topological polar surface area (TPSA) is 38.9 Å². The molecule has 1 fully saturated rings. The Bertz CT molecular complexity index is 309. The fourth-order valence-corrected chi connectivity index (χ4v) is 2.35. The largest absolute Gasteiger partial charge is 0.327 e. The molecule has 0 aliphatic heterocycles. The molecule has 2 unspecified atom stereocenters. The van der Waals surface area contributed by atoms with Gasteiger partial charge in [0.2, 0.25) is 0 Å². The zero-order chi connectivity index (χ0) is 9.97. The molecular formula is C12H18N2. The number of nitrogens with two attached hydrogens (primary N) is 1. The number of rotatable bonds is 1. The van der Waals surface area contributed by atoms with Crippen molar-refractivity contribution in [2.45, 2.75) is 44.6 Å². The van der Waals surface area contributed by atoms with E-state index in [4.69, 9.17) is 5.73 Å². The first-order valence-electron chi connectivity index (χ1n) is 5.44. The highest BCUT2D eigenvalue weighted by Gasteiger charge is 2.23. The third-order valence-electron chi connectivity index (χ3n) is 3.14. The van der Waals surface area contributed by atoms with Gasteiger partial charge in [0.15, 0.2) is 0 Å². The smallest absolute Gasteiger partial charge is 0.0303 e. The van der Waals surface area contributed by atoms with Crippen molar-refractivity contribution in [3.63, 3.8) is 0 Å². The van der Waals surface area contributed by atoms with Gasteiger partial charge >= 0.3 is 0 Å². The fourth-order valence-electron chi connectivity index (χ4n) is 2.35. The summed E-state index contributed by atoms with van der Waals surface area (Å²) in [6, 6.07) is 2.57. The van der Waals surface area contributed by atoms with Gasteiger partial charge in [-0.3, -0.25) is 4.98 Å². The molecule has 0 saturated heterocycles. The Labute approximate surface area is 85.5 Å². The summed E-state index contributed by atoms with van der Waals surface area (Å²) in [6.45, 7) is 2.09. The third-order valence-corrected chi connectivity index (χ3v) is 3.14. The van der Waals surface area contributed by atoms with Crippen LogP contribution in [-0.2, 0) is 0 Å². The highest BCUT2D eigenvalue weighted by atomic mass is 14.7. The van der Waals surface area contributed by atoms with Crippen molar-refractivity contribution < 1.29 is 0 Å². The molecule has 2 atom stereocenters. The molecule has 1 aromatic rings. The Kier molecular flexibility index (Phi) is 2.82. The van der Waals surface area contributed by atoms with Crippen molar-refractivity contribution in [1.82, 2.24) is 4.98 Å². The maximum Gasteiger partial charge on any atom is 0.0303 e. The first-order chi connectivity index (χ1) is 6.77. The zero-order valence-electron chi connectivity index (χ0n) is 8.74. The lowest BCUT2D eigenvalue weighted by Gasteiger charge is -2.28. The highest BCUT2D eigenvalue weighted by Crippen LogP contribution is 2.31. The summed E-state index contributed by atoms with van der Waals surface area (Å²) in [6.07, 6.45) is 8.87. The molecule has 14 heavy (non-hydrogen) atoms. The Morgan fingerprint density at radius 2 is 2.07 bits per heavy atom. The summed E-state index contributed by atoms with van der Waals surface area (Å²) in [5, 5.41) is 0. The molecule has 1 aliphatic rings. The lowest BCUT2D eigenvalue weighted by molar-refractivity contribution is 0.385. The minimum atomic E-state index is 0.340. The molecule has 76 valence electrons. The van der Waals surface area contributed by atoms with E-state index in [1.54, 1.807) is 0 Å². The van der Waals surface area contributed by atoms with Crippen molar-refractivity contribution in [3.05, 3.63) is 29.6 Å². The van der Waals surface area contributed by atoms with Crippen LogP contribution in [0.25, 0.3) is 0 Å². The SMILES string of the molecule is Cc1cncc(C2CCCCC2N)c1. The van der Waals surface area contributed by atoms with E-state index in [0.29, 0.717) is 12.0 Å². The van der Waals surface area contributed by atoms with Crippen LogP contribution in [0.2, 0.25) is 0 Å². The fraction of sp³-hybridized carbons (Fsp3) is 0.583. The van der Waals surface area contributed by atoms with Gasteiger partial charge in [-0.1, -0.05) is 18.9 Å². The maximum atomic E-state index is 6.13. The van der Waals surface area contributed by atoms with Gasteiger partial charge in [-0.15, -0.1) is 0 Å². The van der Waals surface area contributed by atoms with Crippen LogP contribution in [0.1, 0.15) is 42.7 Å². The van der Waals surface area contributed by atoms with Crippen LogP contribution < -0.4 is 5.73 Å². The lowest BCUT2D eigenvalue weighted by atomic mass is 9.81. The second kappa shape index (κ2) is 4.09. The van der Waals surface area contributed by atoms with Gasteiger partial charge in [0.05, 0.1) is 0 Å². The second-order valence-electron chi connectivity index (χ2n) is 4.35. The average Bonchev–Trinajstić information content (AvgIpc) is 2.18. The minimum absolute atomic E-state index is 0.340. The zero-order valence-corrected chi connectivity index (χ0v) is 8.74. The number of aryl methyl sites for hydroxylation is 1. The molecule has 0 bridgehead atoms. The molecule has 2 nitrogen and oxygen atoms in total. The first kappa shape index (κ1) is 9.66. The van der Waals surface area contributed by atoms with Crippen molar-refractivity contribution in [2.75, 3.05) is 0 Å². The van der Waals surface area contributed by atoms with E-state index >= 15 is 0 Å². The molecule has 0 aromatic carbocycles. The van der Waals surface area contributed by atoms with Gasteiger partial charge < -0.3 is 5.73 Å². The van der Waals surface area contributed by atoms with Gasteiger partial charge in [-0.05, 0) is 30.9 Å². The summed E-state index contributed by atoms with van der Waals surface area (Å²) in [7, 11) is 0. The number of nitrogens with zero attached hydrogens (tertiary/aromatic N) is 1. The molecule has 1 aliphatic carbocycles. The van der Waals surface area contributed by atoms with Gasteiger partial charge in [-0.25, -0.2) is 0 Å². The average molecular weight is 190 g/mol. The summed E-state index contributed by atoms with van der Waals surface area (Å²) < 4.78 is 0. The van der Waals surface area contributed by atoms with Crippen LogP contribution >= 0.6 is 0 Å². The maximum absolute atomic E-state index is 6.13. The van der Waals surface area contributed by atoms with Crippen molar-refractivity contribution in [2.24, 2.45) is 5.73 Å². The third kappa shape index (κ3) is 1.95. The lowest BCUT2D eigenvalue weighted by Crippen LogP contribution is -2.31. The predicted molar refractivity (Wildman–Crippen MR) is 58.2 cm³/mol. The molecule has 2 heteroatoms. The molecule has 1 heterocycles. The van der Waals surface area contributed by atoms with Crippen LogP contribution in [0.15, 0.2) is 18.5 Å². The van der Waals surface area contributed by atoms with Gasteiger partial charge in [0.1, 0.15) is 0 Å². The number of hydrogen-bond donors (Lipinski definition) is 1. The summed E-state index contributed by atoms with van der Waals surface area (Å²) >= 11 is 0. The van der Waals surface area contributed by atoms with E-state index < -0.39 is 0 Å². The predicted octanol–water partition coefficient (Wildman–Crippen LogP) is 2.37. The van der Waals surface area contributed by atoms with E-state index in [0.717, 1.165) is 0 Å². The summed E-state index contributed by atoms with van der Waals surface area (Å²) in [5.74, 6) is 0.538. The molecule has 0 spiro atoms. The van der Waals surface area contributed by atoms with E-state index in [9.17, 15) is 0 Å². The summed E-state index contributed by atoms with van der Waals surface area (Å²) in [4.78, 5) is 4.24. The Balaban J connectivity index is 2.20. The van der Waals surface area contributed by atoms with E-state index in [1.165, 1.54) is 36.8 Å². The molecular weight excluding hydrogens is 172 g/mol. The first-order valence-corrected chi connectivity index (χ1v) is 5.44. The van der Waals surface area contributed by atoms with E-state index in [2.05, 4.69) is 18.0 Å². The van der Waals surface area contributed by atoms with Gasteiger partial charge in [-0.2, -0.15) is 0 Å². The van der Waals surface area contributed by atoms with Crippen LogP contribution in [0.5, 0.6) is 0 Å². The molecule has 2 N–H and O–H groups in total. The molecule has 1 aromatic heterocycles. The second-order valence-corrected chi connectivity index (χ2v) is 4.35. The molecule has 2 rings (SSSR count). The quantitative estimate of drug-likeness (QED) is 0.738. The standard InChI is InChI=1S/C12H18N2/c1-9-6-10(8-14-7-9)11-4-2-3-5-12(11)13/h6-8,11-12H,2-5,13H2,1H3. The molecule has 1 saturated carbocycles. The molecule has 0 amide bonds. The Morgan fingerprint density at radius 1 is 1.29 bits per heavy atom. The number of pyridine rings is 1. The monoisotopic (exact) mass is 190 g/mol. The van der Waals surface area contributed by atoms with Crippen LogP contribution in [-0.4, -0.2) is 11.0 Å². The Hall–Kier alpha value is -0.890. The minimum Gasteiger partial charge on any atom is -0.327 e. The van der Waals surface area contributed by atoms with Gasteiger partial charge in [0.25, 0.3) is 0 Å². The Morgan fingerprint density at radius 3 is 2.79 bits per heavy atom. The molecule has 0 radical (unpaired) electrons.